The van der Waals surface area contributed by atoms with E-state index >= 15 is 0 Å². The van der Waals surface area contributed by atoms with Crippen LogP contribution in [0.15, 0.2) is 59.8 Å². The van der Waals surface area contributed by atoms with Crippen LogP contribution in [0.5, 0.6) is 0 Å². The van der Waals surface area contributed by atoms with Gasteiger partial charge >= 0.3 is 0 Å². The van der Waals surface area contributed by atoms with Crippen LogP contribution in [0.1, 0.15) is 24.8 Å². The molecular formula is C19H21N3O2S. The highest BCUT2D eigenvalue weighted by atomic mass is 32.2. The molecule has 3 aromatic rings. The van der Waals surface area contributed by atoms with E-state index in [4.69, 9.17) is 0 Å². The summed E-state index contributed by atoms with van der Waals surface area (Å²) < 4.78 is 29.1. The normalized spacial score (nSPS) is 16.3. The van der Waals surface area contributed by atoms with Crippen LogP contribution in [0.2, 0.25) is 0 Å². The number of nitrogens with zero attached hydrogens (tertiary/aromatic N) is 3. The molecule has 4 rings (SSSR count). The van der Waals surface area contributed by atoms with Crippen LogP contribution in [0.3, 0.4) is 0 Å². The largest absolute Gasteiger partial charge is 0.326 e. The van der Waals surface area contributed by atoms with Crippen molar-refractivity contribution in [3.63, 3.8) is 0 Å². The third kappa shape index (κ3) is 3.19. The fourth-order valence-corrected chi connectivity index (χ4v) is 4.87. The van der Waals surface area contributed by atoms with Gasteiger partial charge in [0.1, 0.15) is 0 Å². The second-order valence-corrected chi connectivity index (χ2v) is 8.41. The summed E-state index contributed by atoms with van der Waals surface area (Å²) in [5, 5.41) is 0. The fraction of sp³-hybridized carbons (Fsp3) is 0.316. The lowest BCUT2D eigenvalue weighted by Crippen LogP contribution is -2.35. The highest BCUT2D eigenvalue weighted by molar-refractivity contribution is 7.89. The summed E-state index contributed by atoms with van der Waals surface area (Å²) in [4.78, 5) is 4.78. The molecule has 0 amide bonds. The van der Waals surface area contributed by atoms with Crippen LogP contribution in [0.25, 0.3) is 11.0 Å². The molecule has 1 aliphatic rings. The van der Waals surface area contributed by atoms with Crippen molar-refractivity contribution in [2.45, 2.75) is 30.7 Å². The van der Waals surface area contributed by atoms with E-state index in [2.05, 4.69) is 9.55 Å². The zero-order chi connectivity index (χ0) is 17.3. The molecule has 1 saturated heterocycles. The van der Waals surface area contributed by atoms with Crippen molar-refractivity contribution >= 4 is 21.1 Å². The number of piperidine rings is 1. The van der Waals surface area contributed by atoms with Gasteiger partial charge in [-0.15, -0.1) is 0 Å². The van der Waals surface area contributed by atoms with Crippen molar-refractivity contribution in [2.75, 3.05) is 13.1 Å². The van der Waals surface area contributed by atoms with Crippen molar-refractivity contribution in [1.29, 1.82) is 0 Å². The van der Waals surface area contributed by atoms with Crippen molar-refractivity contribution in [2.24, 2.45) is 0 Å². The summed E-state index contributed by atoms with van der Waals surface area (Å²) in [7, 11) is -3.36. The second kappa shape index (κ2) is 6.61. The maximum atomic E-state index is 12.7. The number of imidazole rings is 1. The number of benzene rings is 2. The van der Waals surface area contributed by atoms with Gasteiger partial charge in [0, 0.05) is 19.6 Å². The lowest BCUT2D eigenvalue weighted by Gasteiger charge is -2.25. The van der Waals surface area contributed by atoms with Crippen molar-refractivity contribution in [3.8, 4) is 0 Å². The third-order valence-corrected chi connectivity index (χ3v) is 6.67. The minimum Gasteiger partial charge on any atom is -0.326 e. The molecule has 130 valence electrons. The van der Waals surface area contributed by atoms with E-state index in [1.807, 2.05) is 42.7 Å². The monoisotopic (exact) mass is 355 g/mol. The molecule has 0 saturated carbocycles. The predicted octanol–water partition coefficient (Wildman–Crippen LogP) is 3.26. The molecule has 0 radical (unpaired) electrons. The van der Waals surface area contributed by atoms with Gasteiger partial charge in [-0.2, -0.15) is 4.31 Å². The first kappa shape index (κ1) is 16.3. The Labute approximate surface area is 148 Å². The van der Waals surface area contributed by atoms with Crippen molar-refractivity contribution < 1.29 is 8.42 Å². The molecule has 0 spiro atoms. The molecule has 2 heterocycles. The van der Waals surface area contributed by atoms with Crippen LogP contribution in [0, 0.1) is 0 Å². The molecule has 2 aromatic carbocycles. The molecule has 1 aliphatic heterocycles. The van der Waals surface area contributed by atoms with E-state index in [1.54, 1.807) is 16.4 Å². The molecule has 1 fully saturated rings. The molecule has 6 heteroatoms. The molecular weight excluding hydrogens is 334 g/mol. The number of hydrogen-bond acceptors (Lipinski definition) is 3. The Morgan fingerprint density at radius 1 is 0.920 bits per heavy atom. The maximum absolute atomic E-state index is 12.7. The van der Waals surface area contributed by atoms with Gasteiger partial charge in [-0.3, -0.25) is 0 Å². The summed E-state index contributed by atoms with van der Waals surface area (Å²) in [5.41, 5.74) is 3.10. The Hall–Kier alpha value is -2.18. The van der Waals surface area contributed by atoms with Crippen LogP contribution >= 0.6 is 0 Å². The summed E-state index contributed by atoms with van der Waals surface area (Å²) in [5.74, 6) is 0. The van der Waals surface area contributed by atoms with Gasteiger partial charge in [0.2, 0.25) is 10.0 Å². The topological polar surface area (TPSA) is 55.2 Å². The third-order valence-electron chi connectivity index (χ3n) is 4.76. The second-order valence-electron chi connectivity index (χ2n) is 6.47. The van der Waals surface area contributed by atoms with Crippen LogP contribution in [0.4, 0.5) is 0 Å². The number of para-hydroxylation sites is 2. The van der Waals surface area contributed by atoms with Crippen LogP contribution in [-0.4, -0.2) is 35.4 Å². The molecule has 25 heavy (non-hydrogen) atoms. The SMILES string of the molecule is O=S(=O)(c1ccc(Cn2cnc3ccccc32)cc1)N1CCCCC1. The molecule has 0 atom stereocenters. The Morgan fingerprint density at radius 2 is 1.64 bits per heavy atom. The minimum atomic E-state index is -3.36. The van der Waals surface area contributed by atoms with Gasteiger partial charge in [0.05, 0.1) is 22.3 Å². The van der Waals surface area contributed by atoms with E-state index in [9.17, 15) is 8.42 Å². The molecule has 0 aliphatic carbocycles. The number of aromatic nitrogens is 2. The Balaban J connectivity index is 1.56. The molecule has 5 nitrogen and oxygen atoms in total. The summed E-state index contributed by atoms with van der Waals surface area (Å²) in [6, 6.07) is 15.2. The van der Waals surface area contributed by atoms with Crippen LogP contribution < -0.4 is 0 Å². The van der Waals surface area contributed by atoms with Crippen molar-refractivity contribution in [1.82, 2.24) is 13.9 Å². The highest BCUT2D eigenvalue weighted by Gasteiger charge is 2.25. The first-order chi connectivity index (χ1) is 12.1. The zero-order valence-corrected chi connectivity index (χ0v) is 14.8. The standard InChI is InChI=1S/C19H21N3O2S/c23-25(24,22-12-4-1-5-13-22)17-10-8-16(9-11-17)14-21-15-20-18-6-2-3-7-19(18)21/h2-3,6-11,15H,1,4-5,12-14H2. The van der Waals surface area contributed by atoms with E-state index in [-0.39, 0.29) is 0 Å². The lowest BCUT2D eigenvalue weighted by atomic mass is 10.2. The van der Waals surface area contributed by atoms with Crippen LogP contribution in [-0.2, 0) is 16.6 Å². The molecule has 0 bridgehead atoms. The van der Waals surface area contributed by atoms with Crippen molar-refractivity contribution in [3.05, 3.63) is 60.4 Å². The van der Waals surface area contributed by atoms with Gasteiger partial charge in [0.15, 0.2) is 0 Å². The first-order valence-electron chi connectivity index (χ1n) is 8.63. The maximum Gasteiger partial charge on any atom is 0.243 e. The predicted molar refractivity (Wildman–Crippen MR) is 97.9 cm³/mol. The number of fused-ring (bicyclic) bond motifs is 1. The van der Waals surface area contributed by atoms with Gasteiger partial charge in [0.25, 0.3) is 0 Å². The van der Waals surface area contributed by atoms with Gasteiger partial charge < -0.3 is 4.57 Å². The average molecular weight is 355 g/mol. The van der Waals surface area contributed by atoms with Gasteiger partial charge in [-0.05, 0) is 42.7 Å². The smallest absolute Gasteiger partial charge is 0.243 e. The quantitative estimate of drug-likeness (QED) is 0.722. The summed E-state index contributed by atoms with van der Waals surface area (Å²) in [6.45, 7) is 1.93. The molecule has 1 aromatic heterocycles. The van der Waals surface area contributed by atoms with Gasteiger partial charge in [-0.25, -0.2) is 13.4 Å². The molecule has 0 N–H and O–H groups in total. The fourth-order valence-electron chi connectivity index (χ4n) is 3.35. The average Bonchev–Trinajstić information content (AvgIpc) is 3.06. The Bertz CT molecular complexity index is 971. The van der Waals surface area contributed by atoms with E-state index in [1.165, 1.54) is 0 Å². The van der Waals surface area contributed by atoms with E-state index in [0.29, 0.717) is 24.5 Å². The Kier molecular flexibility index (Phi) is 4.31. The summed E-state index contributed by atoms with van der Waals surface area (Å²) >= 11 is 0. The lowest BCUT2D eigenvalue weighted by molar-refractivity contribution is 0.346. The minimum absolute atomic E-state index is 0.383. The number of sulfonamides is 1. The van der Waals surface area contributed by atoms with E-state index < -0.39 is 10.0 Å². The summed E-state index contributed by atoms with van der Waals surface area (Å²) in [6.07, 6.45) is 4.84. The zero-order valence-electron chi connectivity index (χ0n) is 14.0. The van der Waals surface area contributed by atoms with Gasteiger partial charge in [-0.1, -0.05) is 30.7 Å². The highest BCUT2D eigenvalue weighted by Crippen LogP contribution is 2.21. The first-order valence-corrected chi connectivity index (χ1v) is 10.1. The number of rotatable bonds is 4. The van der Waals surface area contributed by atoms with E-state index in [0.717, 1.165) is 35.9 Å². The Morgan fingerprint density at radius 3 is 2.40 bits per heavy atom. The number of hydrogen-bond donors (Lipinski definition) is 0. The molecule has 0 unspecified atom stereocenters.